The Bertz CT molecular complexity index is 4320. The van der Waals surface area contributed by atoms with Crippen LogP contribution in [0.1, 0.15) is 379 Å². The van der Waals surface area contributed by atoms with Crippen LogP contribution in [0.2, 0.25) is 0 Å². The summed E-state index contributed by atoms with van der Waals surface area (Å²) in [5, 5.41) is 0. The summed E-state index contributed by atoms with van der Waals surface area (Å²) in [4.78, 5) is 33.8. The Hall–Kier alpha value is -8.22. The molecule has 0 aliphatic heterocycles. The molecule has 0 saturated heterocycles. The van der Waals surface area contributed by atoms with Crippen molar-refractivity contribution in [1.29, 1.82) is 0 Å². The van der Waals surface area contributed by atoms with E-state index < -0.39 is 0 Å². The smallest absolute Gasteiger partial charge is 0.159 e. The van der Waals surface area contributed by atoms with Crippen molar-refractivity contribution in [1.82, 2.24) is 29.9 Å². The standard InChI is InChI=1S/C111H144N6/c1-13-19-25-31-37-49-67-109(68-50-38-32-26-20-14-2)97-58-46-43-55-91(97)94-64-61-85(76-100(94)109)103-79(7)112-106(113-80(103)8)88-73-89(107-114-81(9)104(82(10)115-107)86-62-65-95-92-56-44-47-59-98(92)110(101(95)77-86,69-51-39-33-27-21-15-3)70-52-40-34-28-22-16-4)75-90(74-88)108-116-83(11)105(84(12)117-108)87-63-66-96-93-57-45-48-60-99(93)111(102(96)78-87,71-53-41-35-29-23-17-5)72-54-42-36-30-24-18-6/h43-48,55-66,73-78H,13-42,49-54,67-72H2,1-12H3. The van der Waals surface area contributed by atoms with Gasteiger partial charge in [-0.15, -0.1) is 0 Å². The molecule has 0 unspecified atom stereocenters. The van der Waals surface area contributed by atoms with Gasteiger partial charge in [-0.1, -0.05) is 382 Å². The van der Waals surface area contributed by atoms with Gasteiger partial charge in [0, 0.05) is 83.8 Å². The third-order valence-electron chi connectivity index (χ3n) is 27.9. The summed E-state index contributed by atoms with van der Waals surface area (Å²) in [6, 6.07) is 57.2. The van der Waals surface area contributed by atoms with Gasteiger partial charge in [0.15, 0.2) is 17.5 Å². The molecule has 0 fully saturated rings. The summed E-state index contributed by atoms with van der Waals surface area (Å²) in [5.74, 6) is 2.03. The molecule has 0 saturated carbocycles. The summed E-state index contributed by atoms with van der Waals surface area (Å²) in [6.07, 6.45) is 53.7. The molecule has 618 valence electrons. The average molecular weight is 1560 g/mol. The molecule has 10 aromatic rings. The number of rotatable bonds is 48. The molecule has 117 heavy (non-hydrogen) atoms. The highest BCUT2D eigenvalue weighted by Gasteiger charge is 2.46. The van der Waals surface area contributed by atoms with E-state index in [0.29, 0.717) is 17.5 Å². The summed E-state index contributed by atoms with van der Waals surface area (Å²) < 4.78 is 0. The van der Waals surface area contributed by atoms with Crippen LogP contribution in [0.5, 0.6) is 0 Å². The van der Waals surface area contributed by atoms with E-state index in [0.717, 1.165) is 67.5 Å². The topological polar surface area (TPSA) is 77.3 Å². The van der Waals surface area contributed by atoms with Gasteiger partial charge in [-0.2, -0.15) is 0 Å². The van der Waals surface area contributed by atoms with Gasteiger partial charge in [-0.25, -0.2) is 29.9 Å². The lowest BCUT2D eigenvalue weighted by Crippen LogP contribution is -2.25. The highest BCUT2D eigenvalue weighted by atomic mass is 14.9. The maximum Gasteiger partial charge on any atom is 0.159 e. The van der Waals surface area contributed by atoms with E-state index in [4.69, 9.17) is 29.9 Å². The van der Waals surface area contributed by atoms with E-state index in [2.05, 4.69) is 229 Å². The fourth-order valence-electron chi connectivity index (χ4n) is 21.9. The molecule has 0 N–H and O–H groups in total. The Kier molecular flexibility index (Phi) is 30.8. The summed E-state index contributed by atoms with van der Waals surface area (Å²) in [5.41, 5.74) is 32.9. The largest absolute Gasteiger partial charge is 0.233 e. The van der Waals surface area contributed by atoms with Gasteiger partial charge in [0.1, 0.15) is 0 Å². The van der Waals surface area contributed by atoms with Crippen molar-refractivity contribution in [3.05, 3.63) is 213 Å². The number of nitrogens with zero attached hydrogens (tertiary/aromatic N) is 6. The van der Waals surface area contributed by atoms with E-state index in [1.807, 2.05) is 0 Å². The molecular formula is C111H144N6. The summed E-state index contributed by atoms with van der Waals surface area (Å²) >= 11 is 0. The van der Waals surface area contributed by atoms with Gasteiger partial charge >= 0.3 is 0 Å². The van der Waals surface area contributed by atoms with Crippen molar-refractivity contribution in [2.24, 2.45) is 0 Å². The number of hydrogen-bond acceptors (Lipinski definition) is 6. The van der Waals surface area contributed by atoms with Crippen LogP contribution in [-0.2, 0) is 16.2 Å². The summed E-state index contributed by atoms with van der Waals surface area (Å²) in [7, 11) is 0. The molecular weight excluding hydrogens is 1420 g/mol. The van der Waals surface area contributed by atoms with Crippen LogP contribution in [0.4, 0.5) is 0 Å². The zero-order valence-corrected chi connectivity index (χ0v) is 74.7. The minimum absolute atomic E-state index is 0.0378. The average Bonchev–Trinajstić information content (AvgIpc) is 1.59. The second kappa shape index (κ2) is 41.6. The first-order valence-electron chi connectivity index (χ1n) is 47.7. The first-order chi connectivity index (χ1) is 57.3. The predicted molar refractivity (Wildman–Crippen MR) is 501 cm³/mol. The lowest BCUT2D eigenvalue weighted by molar-refractivity contribution is 0.398. The molecule has 0 bridgehead atoms. The number of aromatic nitrogens is 6. The van der Waals surface area contributed by atoms with Crippen LogP contribution in [0.25, 0.3) is 101 Å². The maximum atomic E-state index is 5.63. The van der Waals surface area contributed by atoms with Gasteiger partial charge in [0.05, 0.1) is 0 Å². The normalized spacial score (nSPS) is 13.7. The first-order valence-corrected chi connectivity index (χ1v) is 47.7. The van der Waals surface area contributed by atoms with Gasteiger partial charge in [-0.3, -0.25) is 0 Å². The Morgan fingerprint density at radius 3 is 0.590 bits per heavy atom. The molecule has 0 spiro atoms. The van der Waals surface area contributed by atoms with Crippen molar-refractivity contribution in [2.45, 2.75) is 369 Å². The summed E-state index contributed by atoms with van der Waals surface area (Å²) in [6.45, 7) is 27.2. The van der Waals surface area contributed by atoms with Crippen molar-refractivity contribution < 1.29 is 0 Å². The number of benzene rings is 7. The minimum Gasteiger partial charge on any atom is -0.233 e. The second-order valence-electron chi connectivity index (χ2n) is 36.3. The molecule has 6 nitrogen and oxygen atoms in total. The second-order valence-corrected chi connectivity index (χ2v) is 36.3. The highest BCUT2D eigenvalue weighted by Crippen LogP contribution is 2.59. The molecule has 3 aliphatic carbocycles. The van der Waals surface area contributed by atoms with Gasteiger partial charge in [0.2, 0.25) is 0 Å². The Labute approximate surface area is 708 Å². The number of unbranched alkanes of at least 4 members (excludes halogenated alkanes) is 30. The molecule has 6 heteroatoms. The number of aryl methyl sites for hydroxylation is 6. The molecule has 0 atom stereocenters. The molecule has 3 aromatic heterocycles. The van der Waals surface area contributed by atoms with E-state index in [9.17, 15) is 0 Å². The Morgan fingerprint density at radius 1 is 0.188 bits per heavy atom. The Balaban J connectivity index is 0.903. The quantitative estimate of drug-likeness (QED) is 0.0354. The van der Waals surface area contributed by atoms with Crippen molar-refractivity contribution >= 4 is 0 Å². The van der Waals surface area contributed by atoms with Crippen molar-refractivity contribution in [2.75, 3.05) is 0 Å². The fourth-order valence-corrected chi connectivity index (χ4v) is 21.9. The van der Waals surface area contributed by atoms with Gasteiger partial charge in [-0.05, 0) is 200 Å². The van der Waals surface area contributed by atoms with Gasteiger partial charge in [0.25, 0.3) is 0 Å². The molecule has 7 aromatic carbocycles. The van der Waals surface area contributed by atoms with Crippen LogP contribution in [0, 0.1) is 41.5 Å². The van der Waals surface area contributed by atoms with Crippen molar-refractivity contribution in [3.8, 4) is 101 Å². The third-order valence-corrected chi connectivity index (χ3v) is 27.9. The SMILES string of the molecule is CCCCCCCCC1(CCCCCCCC)c2ccccc2-c2ccc(-c3c(C)nc(-c4cc(-c5nc(C)c(-c6ccc7c(c6)C(CCCCCCCC)(CCCCCCCC)c6ccccc6-7)c(C)n5)cc(-c5nc(C)c(-c6ccc7c(c6)C(CCCCCCCC)(CCCCCCCC)c6ccccc6-7)c(C)n5)c4)nc3C)cc21. The zero-order valence-electron chi connectivity index (χ0n) is 74.7. The van der Waals surface area contributed by atoms with Crippen LogP contribution in [0.3, 0.4) is 0 Å². The molecule has 3 heterocycles. The first kappa shape index (κ1) is 86.6. The highest BCUT2D eigenvalue weighted by molar-refractivity contribution is 5.89. The maximum absolute atomic E-state index is 5.63. The molecule has 13 rings (SSSR count). The van der Waals surface area contributed by atoms with Crippen LogP contribution in [-0.4, -0.2) is 29.9 Å². The molecule has 0 amide bonds. The lowest BCUT2D eigenvalue weighted by atomic mass is 9.70. The predicted octanol–water partition coefficient (Wildman–Crippen LogP) is 33.2. The van der Waals surface area contributed by atoms with Crippen molar-refractivity contribution in [3.63, 3.8) is 0 Å². The lowest BCUT2D eigenvalue weighted by Gasteiger charge is -2.33. The zero-order chi connectivity index (χ0) is 81.7. The van der Waals surface area contributed by atoms with E-state index in [1.54, 1.807) is 0 Å². The Morgan fingerprint density at radius 2 is 0.376 bits per heavy atom. The number of fused-ring (bicyclic) bond motifs is 9. The fraction of sp³-hybridized carbons (Fsp3) is 0.514. The number of hydrogen-bond donors (Lipinski definition) is 0. The third kappa shape index (κ3) is 19.3. The van der Waals surface area contributed by atoms with E-state index in [-0.39, 0.29) is 16.2 Å². The van der Waals surface area contributed by atoms with Crippen LogP contribution < -0.4 is 0 Å². The monoisotopic (exact) mass is 1560 g/mol. The van der Waals surface area contributed by atoms with Crippen LogP contribution >= 0.6 is 0 Å². The van der Waals surface area contributed by atoms with E-state index in [1.165, 1.54) is 353 Å². The minimum atomic E-state index is -0.0378. The van der Waals surface area contributed by atoms with Crippen LogP contribution in [0.15, 0.2) is 146 Å². The van der Waals surface area contributed by atoms with E-state index >= 15 is 0 Å². The molecule has 3 aliphatic rings. The van der Waals surface area contributed by atoms with Gasteiger partial charge < -0.3 is 0 Å². The molecule has 0 radical (unpaired) electrons.